The van der Waals surface area contributed by atoms with Crippen LogP contribution in [0.5, 0.6) is 0 Å². The van der Waals surface area contributed by atoms with Crippen LogP contribution < -0.4 is 0 Å². The molecule has 2 N–H and O–H groups in total. The van der Waals surface area contributed by atoms with Crippen molar-refractivity contribution in [3.63, 3.8) is 0 Å². The summed E-state index contributed by atoms with van der Waals surface area (Å²) in [6.07, 6.45) is 8.55. The number of likely N-dealkylation sites (tertiary alicyclic amines) is 1. The summed E-state index contributed by atoms with van der Waals surface area (Å²) in [5.41, 5.74) is 1.46. The molecule has 7 nitrogen and oxygen atoms in total. The lowest BCUT2D eigenvalue weighted by Gasteiger charge is -2.44. The summed E-state index contributed by atoms with van der Waals surface area (Å²) in [6, 6.07) is 12.7. The molecule has 1 aliphatic carbocycles. The van der Waals surface area contributed by atoms with Gasteiger partial charge in [-0.1, -0.05) is 43.2 Å². The van der Waals surface area contributed by atoms with Gasteiger partial charge < -0.3 is 10.2 Å². The summed E-state index contributed by atoms with van der Waals surface area (Å²) < 4.78 is 0. The summed E-state index contributed by atoms with van der Waals surface area (Å²) in [4.78, 5) is 26.4. The maximum Gasteiger partial charge on any atom is 0.414 e. The Bertz CT molecular complexity index is 650. The number of hydrogen-bond donors (Lipinski definition) is 2. The van der Waals surface area contributed by atoms with Gasteiger partial charge in [0.2, 0.25) is 0 Å². The van der Waals surface area contributed by atoms with Gasteiger partial charge in [0.05, 0.1) is 0 Å². The molecule has 0 spiro atoms. The van der Waals surface area contributed by atoms with Crippen LogP contribution in [0.3, 0.4) is 0 Å². The summed E-state index contributed by atoms with van der Waals surface area (Å²) in [7, 11) is 0. The van der Waals surface area contributed by atoms with Crippen LogP contribution in [0.15, 0.2) is 30.3 Å². The maximum atomic E-state index is 9.10. The fourth-order valence-corrected chi connectivity index (χ4v) is 5.02. The van der Waals surface area contributed by atoms with E-state index in [1.165, 1.54) is 83.4 Å². The highest BCUT2D eigenvalue weighted by Gasteiger charge is 2.30. The predicted molar refractivity (Wildman–Crippen MR) is 115 cm³/mol. The van der Waals surface area contributed by atoms with Gasteiger partial charge in [-0.2, -0.15) is 0 Å². The van der Waals surface area contributed by atoms with E-state index < -0.39 is 11.9 Å². The molecule has 2 heterocycles. The van der Waals surface area contributed by atoms with Gasteiger partial charge in [0.25, 0.3) is 0 Å². The highest BCUT2D eigenvalue weighted by Crippen LogP contribution is 2.26. The Balaban J connectivity index is 0.000000377. The van der Waals surface area contributed by atoms with Crippen molar-refractivity contribution < 1.29 is 19.8 Å². The number of aliphatic carboxylic acids is 2. The molecule has 0 aromatic heterocycles. The van der Waals surface area contributed by atoms with Gasteiger partial charge in [0.1, 0.15) is 0 Å². The van der Waals surface area contributed by atoms with E-state index in [1.807, 2.05) is 0 Å². The zero-order valence-electron chi connectivity index (χ0n) is 17.8. The van der Waals surface area contributed by atoms with E-state index in [-0.39, 0.29) is 0 Å². The van der Waals surface area contributed by atoms with E-state index >= 15 is 0 Å². The van der Waals surface area contributed by atoms with Crippen molar-refractivity contribution in [1.29, 1.82) is 0 Å². The number of hydrogen-bond acceptors (Lipinski definition) is 5. The molecule has 2 aliphatic heterocycles. The van der Waals surface area contributed by atoms with E-state index in [9.17, 15) is 0 Å². The number of nitrogens with zero attached hydrogens (tertiary/aromatic N) is 3. The molecule has 1 aromatic carbocycles. The number of carbonyl (C=O) groups is 2. The third-order valence-electron chi connectivity index (χ3n) is 6.70. The number of carboxylic acids is 2. The summed E-state index contributed by atoms with van der Waals surface area (Å²) in [6.45, 7) is 8.90. The molecule has 0 amide bonds. The Labute approximate surface area is 179 Å². The van der Waals surface area contributed by atoms with Crippen LogP contribution in [0, 0.1) is 0 Å². The molecule has 1 aromatic rings. The summed E-state index contributed by atoms with van der Waals surface area (Å²) in [5, 5.41) is 14.8. The first-order valence-electron chi connectivity index (χ1n) is 11.2. The van der Waals surface area contributed by atoms with Crippen LogP contribution in [-0.2, 0) is 16.1 Å². The quantitative estimate of drug-likeness (QED) is 0.728. The molecule has 0 atom stereocenters. The third-order valence-corrected chi connectivity index (χ3v) is 6.70. The molecule has 4 rings (SSSR count). The van der Waals surface area contributed by atoms with E-state index in [0.29, 0.717) is 0 Å². The summed E-state index contributed by atoms with van der Waals surface area (Å²) >= 11 is 0. The van der Waals surface area contributed by atoms with Crippen LogP contribution in [0.25, 0.3) is 0 Å². The smallest absolute Gasteiger partial charge is 0.414 e. The van der Waals surface area contributed by atoms with Crippen LogP contribution in [-0.4, -0.2) is 88.2 Å². The van der Waals surface area contributed by atoms with Crippen molar-refractivity contribution in [2.75, 3.05) is 39.3 Å². The zero-order chi connectivity index (χ0) is 21.3. The van der Waals surface area contributed by atoms with Gasteiger partial charge in [-0.15, -0.1) is 0 Å². The number of benzene rings is 1. The minimum atomic E-state index is -1.82. The lowest BCUT2D eigenvalue weighted by molar-refractivity contribution is -0.159. The molecular formula is C23H35N3O4. The second kappa shape index (κ2) is 11.4. The van der Waals surface area contributed by atoms with Crippen molar-refractivity contribution in [2.45, 2.75) is 57.2 Å². The summed E-state index contributed by atoms with van der Waals surface area (Å²) in [5.74, 6) is -3.65. The molecule has 0 bridgehead atoms. The van der Waals surface area contributed by atoms with Crippen molar-refractivity contribution in [3.8, 4) is 0 Å². The Kier molecular flexibility index (Phi) is 8.66. The molecule has 3 aliphatic rings. The third kappa shape index (κ3) is 6.79. The number of piperidine rings is 1. The minimum absolute atomic E-state index is 0.836. The lowest BCUT2D eigenvalue weighted by Crippen LogP contribution is -2.54. The van der Waals surface area contributed by atoms with E-state index in [1.54, 1.807) is 0 Å². The van der Waals surface area contributed by atoms with Crippen molar-refractivity contribution in [3.05, 3.63) is 35.9 Å². The Hall–Kier alpha value is -1.96. The largest absolute Gasteiger partial charge is 0.473 e. The van der Waals surface area contributed by atoms with Crippen molar-refractivity contribution in [1.82, 2.24) is 14.7 Å². The van der Waals surface area contributed by atoms with Crippen LogP contribution >= 0.6 is 0 Å². The number of rotatable bonds is 4. The fourth-order valence-electron chi connectivity index (χ4n) is 5.02. The monoisotopic (exact) mass is 417 g/mol. The van der Waals surface area contributed by atoms with E-state index in [0.717, 1.165) is 18.6 Å². The van der Waals surface area contributed by atoms with Crippen molar-refractivity contribution >= 4 is 11.9 Å². The Morgan fingerprint density at radius 1 is 0.733 bits per heavy atom. The molecular weight excluding hydrogens is 382 g/mol. The average Bonchev–Trinajstić information content (AvgIpc) is 3.31. The van der Waals surface area contributed by atoms with E-state index in [2.05, 4.69) is 45.0 Å². The predicted octanol–water partition coefficient (Wildman–Crippen LogP) is 2.37. The molecule has 1 saturated carbocycles. The Morgan fingerprint density at radius 2 is 1.20 bits per heavy atom. The zero-order valence-corrected chi connectivity index (χ0v) is 17.8. The van der Waals surface area contributed by atoms with Crippen LogP contribution in [0.2, 0.25) is 0 Å². The molecule has 166 valence electrons. The highest BCUT2D eigenvalue weighted by molar-refractivity contribution is 6.27. The molecule has 0 unspecified atom stereocenters. The molecule has 3 fully saturated rings. The second-order valence-electron chi connectivity index (χ2n) is 8.61. The first-order chi connectivity index (χ1) is 14.5. The van der Waals surface area contributed by atoms with Gasteiger partial charge in [0.15, 0.2) is 0 Å². The minimum Gasteiger partial charge on any atom is -0.473 e. The first kappa shape index (κ1) is 22.7. The molecule has 2 saturated heterocycles. The standard InChI is InChI=1S/C21H33N3.C2H2O4/c1-2-6-19(7-3-1)18-22-12-10-21(11-13-22)24-16-14-23(15-17-24)20-8-4-5-9-20;3-1(4)2(5)6/h1-3,6-7,20-21H,4-5,8-18H2;(H,3,4)(H,5,6). The van der Waals surface area contributed by atoms with Gasteiger partial charge in [-0.3, -0.25) is 14.7 Å². The maximum absolute atomic E-state index is 9.10. The van der Waals surface area contributed by atoms with Crippen LogP contribution in [0.4, 0.5) is 0 Å². The molecule has 7 heteroatoms. The molecule has 30 heavy (non-hydrogen) atoms. The van der Waals surface area contributed by atoms with Crippen LogP contribution in [0.1, 0.15) is 44.1 Å². The average molecular weight is 418 g/mol. The number of piperazine rings is 1. The lowest BCUT2D eigenvalue weighted by atomic mass is 10.0. The number of carboxylic acid groups (broad SMARTS) is 2. The highest BCUT2D eigenvalue weighted by atomic mass is 16.4. The van der Waals surface area contributed by atoms with Crippen molar-refractivity contribution in [2.24, 2.45) is 0 Å². The Morgan fingerprint density at radius 3 is 1.67 bits per heavy atom. The van der Waals surface area contributed by atoms with Gasteiger partial charge in [0, 0.05) is 44.8 Å². The van der Waals surface area contributed by atoms with E-state index in [4.69, 9.17) is 19.8 Å². The first-order valence-corrected chi connectivity index (χ1v) is 11.2. The second-order valence-corrected chi connectivity index (χ2v) is 8.61. The SMILES string of the molecule is O=C(O)C(=O)O.c1ccc(CN2CCC(N3CCN(C4CCCC4)CC3)CC2)cc1. The topological polar surface area (TPSA) is 84.3 Å². The normalized spacial score (nSPS) is 22.4. The van der Waals surface area contributed by atoms with Gasteiger partial charge in [-0.25, -0.2) is 9.59 Å². The molecule has 0 radical (unpaired) electrons. The fraction of sp³-hybridized carbons (Fsp3) is 0.652. The van der Waals surface area contributed by atoms with Gasteiger partial charge >= 0.3 is 11.9 Å². The van der Waals surface area contributed by atoms with Gasteiger partial charge in [-0.05, 0) is 44.3 Å².